The number of nitrogens with two attached hydrogens (primary N) is 2. The van der Waals surface area contributed by atoms with E-state index in [1.54, 1.807) is 11.2 Å². The van der Waals surface area contributed by atoms with Crippen LogP contribution in [-0.2, 0) is 0 Å². The lowest BCUT2D eigenvalue weighted by molar-refractivity contribution is 0.0996. The molecule has 1 saturated carbocycles. The molecule has 1 amide bonds. The number of carbonyl (C=O) groups excluding carboxylic acids is 1. The Kier molecular flexibility index (Phi) is 9.36. The van der Waals surface area contributed by atoms with E-state index in [1.807, 2.05) is 32.2 Å². The highest BCUT2D eigenvalue weighted by Gasteiger charge is 2.23. The number of primary amides is 1. The predicted octanol–water partition coefficient (Wildman–Crippen LogP) is 3.28. The molecule has 2 aromatic rings. The monoisotopic (exact) mass is 480 g/mol. The number of anilines is 5. The molecule has 2 unspecified atom stereocenters. The molecule has 2 atom stereocenters. The van der Waals surface area contributed by atoms with Crippen molar-refractivity contribution in [3.8, 4) is 0 Å². The van der Waals surface area contributed by atoms with Gasteiger partial charge in [-0.3, -0.25) is 9.80 Å². The smallest absolute Gasteiger partial charge is 0.271 e. The molecule has 35 heavy (non-hydrogen) atoms. The molecule has 0 bridgehead atoms. The Labute approximate surface area is 206 Å². The second-order valence-corrected chi connectivity index (χ2v) is 8.58. The molecule has 11 heteroatoms. The number of benzene rings is 1. The van der Waals surface area contributed by atoms with Gasteiger partial charge in [0.05, 0.1) is 11.9 Å². The molecule has 1 aliphatic carbocycles. The van der Waals surface area contributed by atoms with Crippen LogP contribution in [0.4, 0.5) is 28.7 Å². The zero-order valence-corrected chi connectivity index (χ0v) is 20.4. The number of nitrogens with one attached hydrogen (secondary N) is 4. The summed E-state index contributed by atoms with van der Waals surface area (Å²) in [5, 5.41) is 23.2. The van der Waals surface area contributed by atoms with E-state index in [1.165, 1.54) is 12.4 Å². The van der Waals surface area contributed by atoms with E-state index < -0.39 is 5.91 Å². The summed E-state index contributed by atoms with van der Waals surface area (Å²) < 4.78 is 0. The van der Waals surface area contributed by atoms with Crippen LogP contribution in [-0.4, -0.2) is 54.0 Å². The van der Waals surface area contributed by atoms with Gasteiger partial charge < -0.3 is 32.8 Å². The van der Waals surface area contributed by atoms with E-state index in [9.17, 15) is 4.79 Å². The van der Waals surface area contributed by atoms with E-state index in [0.29, 0.717) is 24.5 Å². The molecule has 1 aromatic heterocycles. The number of hydrogen-bond donors (Lipinski definition) is 6. The van der Waals surface area contributed by atoms with Crippen LogP contribution in [0.25, 0.3) is 0 Å². The topological polar surface area (TPSA) is 170 Å². The fraction of sp³-hybridized carbons (Fsp3) is 0.458. The van der Waals surface area contributed by atoms with Gasteiger partial charge in [-0.25, -0.2) is 9.97 Å². The Morgan fingerprint density at radius 2 is 2.06 bits per heavy atom. The second kappa shape index (κ2) is 12.7. The van der Waals surface area contributed by atoms with Crippen LogP contribution in [0, 0.1) is 5.41 Å². The predicted molar refractivity (Wildman–Crippen MR) is 143 cm³/mol. The highest BCUT2D eigenvalue weighted by molar-refractivity contribution is 5.96. The van der Waals surface area contributed by atoms with Crippen LogP contribution < -0.4 is 32.4 Å². The third kappa shape index (κ3) is 7.38. The minimum absolute atomic E-state index is 0.0467. The van der Waals surface area contributed by atoms with Gasteiger partial charge in [-0.2, -0.15) is 5.10 Å². The SMILES string of the molecule is CC=NN(C)c1cc(NCCCC=N)cc(Nc2nc(NC3CCCCC3N)cnc2C(N)=O)c1. The van der Waals surface area contributed by atoms with Gasteiger partial charge >= 0.3 is 0 Å². The van der Waals surface area contributed by atoms with Gasteiger partial charge in [0.1, 0.15) is 5.82 Å². The van der Waals surface area contributed by atoms with Crippen molar-refractivity contribution in [1.82, 2.24) is 9.97 Å². The third-order valence-electron chi connectivity index (χ3n) is 5.86. The summed E-state index contributed by atoms with van der Waals surface area (Å²) in [7, 11) is 1.85. The molecule has 0 aliphatic heterocycles. The largest absolute Gasteiger partial charge is 0.385 e. The van der Waals surface area contributed by atoms with E-state index in [0.717, 1.165) is 43.5 Å². The zero-order chi connectivity index (χ0) is 25.2. The summed E-state index contributed by atoms with van der Waals surface area (Å²) in [4.78, 5) is 21.0. The molecule has 0 radical (unpaired) electrons. The minimum atomic E-state index is -0.672. The maximum Gasteiger partial charge on any atom is 0.271 e. The molecule has 1 aliphatic rings. The quantitative estimate of drug-likeness (QED) is 0.153. The average molecular weight is 481 g/mol. The molecule has 3 rings (SSSR count). The molecular formula is C24H36N10O. The van der Waals surface area contributed by atoms with Crippen molar-refractivity contribution in [3.63, 3.8) is 0 Å². The average Bonchev–Trinajstić information content (AvgIpc) is 2.83. The minimum Gasteiger partial charge on any atom is -0.385 e. The maximum absolute atomic E-state index is 12.1. The standard InChI is InChI=1S/C24H36N10O/c1-3-30-34(2)18-13-16(28-11-7-6-10-25)12-17(14-18)31-24-22(23(27)35)29-15-21(33-24)32-20-9-5-4-8-19(20)26/h3,10,12-15,19-20,25,28H,4-9,11,26H2,1-2H3,(H2,27,35)(H2,31,32,33). The number of amides is 1. The maximum atomic E-state index is 12.1. The molecule has 0 saturated heterocycles. The van der Waals surface area contributed by atoms with Crippen molar-refractivity contribution >= 4 is 47.0 Å². The van der Waals surface area contributed by atoms with Crippen LogP contribution in [0.3, 0.4) is 0 Å². The highest BCUT2D eigenvalue weighted by atomic mass is 16.1. The first kappa shape index (κ1) is 25.9. The van der Waals surface area contributed by atoms with Gasteiger partial charge in [0.25, 0.3) is 5.91 Å². The molecule has 0 spiro atoms. The van der Waals surface area contributed by atoms with Crippen LogP contribution in [0.1, 0.15) is 55.9 Å². The summed E-state index contributed by atoms with van der Waals surface area (Å²) in [6.07, 6.45) is 10.3. The number of rotatable bonds is 12. The number of hydrazone groups is 1. The van der Waals surface area contributed by atoms with E-state index in [2.05, 4.69) is 31.0 Å². The van der Waals surface area contributed by atoms with Crippen LogP contribution in [0.15, 0.2) is 29.5 Å². The van der Waals surface area contributed by atoms with Crippen molar-refractivity contribution < 1.29 is 4.79 Å². The third-order valence-corrected chi connectivity index (χ3v) is 5.86. The molecule has 11 nitrogen and oxygen atoms in total. The number of unbranched alkanes of at least 4 members (excludes halogenated alkanes) is 1. The van der Waals surface area contributed by atoms with Crippen molar-refractivity contribution in [2.45, 2.75) is 57.5 Å². The molecule has 1 heterocycles. The molecule has 8 N–H and O–H groups in total. The Morgan fingerprint density at radius 3 is 2.77 bits per heavy atom. The van der Waals surface area contributed by atoms with E-state index in [4.69, 9.17) is 16.9 Å². The van der Waals surface area contributed by atoms with Crippen molar-refractivity contribution in [1.29, 1.82) is 5.41 Å². The number of carbonyl (C=O) groups is 1. The van der Waals surface area contributed by atoms with Crippen molar-refractivity contribution in [2.75, 3.05) is 34.6 Å². The van der Waals surface area contributed by atoms with Crippen LogP contribution in [0.5, 0.6) is 0 Å². The summed E-state index contributed by atoms with van der Waals surface area (Å²) in [5.74, 6) is 0.129. The summed E-state index contributed by atoms with van der Waals surface area (Å²) >= 11 is 0. The van der Waals surface area contributed by atoms with Crippen molar-refractivity contribution in [3.05, 3.63) is 30.1 Å². The number of aromatic nitrogens is 2. The lowest BCUT2D eigenvalue weighted by Crippen LogP contribution is -2.42. The first-order chi connectivity index (χ1) is 16.9. The molecule has 188 valence electrons. The fourth-order valence-electron chi connectivity index (χ4n) is 4.04. The molecular weight excluding hydrogens is 444 g/mol. The second-order valence-electron chi connectivity index (χ2n) is 8.58. The Balaban J connectivity index is 1.89. The lowest BCUT2D eigenvalue weighted by atomic mass is 9.91. The zero-order valence-electron chi connectivity index (χ0n) is 20.4. The Morgan fingerprint density at radius 1 is 1.29 bits per heavy atom. The van der Waals surface area contributed by atoms with Gasteiger partial charge in [0.15, 0.2) is 11.5 Å². The highest BCUT2D eigenvalue weighted by Crippen LogP contribution is 2.29. The Bertz CT molecular complexity index is 1040. The van der Waals surface area contributed by atoms with Gasteiger partial charge in [-0.05, 0) is 57.0 Å². The number of hydrogen-bond acceptors (Lipinski definition) is 10. The van der Waals surface area contributed by atoms with Gasteiger partial charge in [0.2, 0.25) is 0 Å². The number of nitrogens with zero attached hydrogens (tertiary/aromatic N) is 4. The Hall–Kier alpha value is -3.73. The van der Waals surface area contributed by atoms with E-state index >= 15 is 0 Å². The van der Waals surface area contributed by atoms with Crippen LogP contribution in [0.2, 0.25) is 0 Å². The van der Waals surface area contributed by atoms with Crippen LogP contribution >= 0.6 is 0 Å². The van der Waals surface area contributed by atoms with Gasteiger partial charge in [-0.15, -0.1) is 0 Å². The molecule has 1 aromatic carbocycles. The van der Waals surface area contributed by atoms with Crippen molar-refractivity contribution in [2.24, 2.45) is 16.6 Å². The first-order valence-corrected chi connectivity index (χ1v) is 12.0. The summed E-state index contributed by atoms with van der Waals surface area (Å²) in [6.45, 7) is 2.56. The van der Waals surface area contributed by atoms with E-state index in [-0.39, 0.29) is 23.6 Å². The summed E-state index contributed by atoms with van der Waals surface area (Å²) in [6, 6.07) is 5.95. The normalized spacial score (nSPS) is 17.7. The van der Waals surface area contributed by atoms with Gasteiger partial charge in [-0.1, -0.05) is 12.8 Å². The fourth-order valence-corrected chi connectivity index (χ4v) is 4.04. The van der Waals surface area contributed by atoms with Gasteiger partial charge in [0, 0.05) is 43.3 Å². The molecule has 1 fully saturated rings. The summed E-state index contributed by atoms with van der Waals surface area (Å²) in [5.41, 5.74) is 14.3. The first-order valence-electron chi connectivity index (χ1n) is 12.0. The lowest BCUT2D eigenvalue weighted by Gasteiger charge is -2.29.